The van der Waals surface area contributed by atoms with Crippen molar-refractivity contribution in [2.45, 2.75) is 70.5 Å². The molecule has 4 nitrogen and oxygen atoms in total. The second kappa shape index (κ2) is 6.21. The van der Waals surface area contributed by atoms with Gasteiger partial charge in [-0.1, -0.05) is 39.0 Å². The van der Waals surface area contributed by atoms with Crippen molar-refractivity contribution in [3.8, 4) is 0 Å². The van der Waals surface area contributed by atoms with Crippen molar-refractivity contribution in [2.75, 3.05) is 0 Å². The van der Waals surface area contributed by atoms with Gasteiger partial charge >= 0.3 is 11.9 Å². The van der Waals surface area contributed by atoms with E-state index in [2.05, 4.69) is 6.92 Å². The third-order valence-electron chi connectivity index (χ3n) is 3.87. The van der Waals surface area contributed by atoms with Crippen molar-refractivity contribution in [3.05, 3.63) is 0 Å². The number of unbranched alkanes of at least 4 members (excludes halogenated alkanes) is 5. The van der Waals surface area contributed by atoms with Gasteiger partial charge in [0.25, 0.3) is 0 Å². The first-order valence-electron chi connectivity index (χ1n) is 7.12. The third-order valence-corrected chi connectivity index (χ3v) is 3.87. The van der Waals surface area contributed by atoms with Crippen LogP contribution in [-0.2, 0) is 19.1 Å². The SMILES string of the molecule is CCCCCCCC[C@H]1OC(=O)[C@@H]2OC(=O)C[C@H]12. The van der Waals surface area contributed by atoms with E-state index >= 15 is 0 Å². The van der Waals surface area contributed by atoms with Crippen LogP contribution in [-0.4, -0.2) is 24.1 Å². The van der Waals surface area contributed by atoms with Crippen LogP contribution in [0.25, 0.3) is 0 Å². The Labute approximate surface area is 108 Å². The molecule has 0 aliphatic carbocycles. The zero-order valence-electron chi connectivity index (χ0n) is 11.0. The second-order valence-corrected chi connectivity index (χ2v) is 5.31. The van der Waals surface area contributed by atoms with Crippen LogP contribution in [0.3, 0.4) is 0 Å². The van der Waals surface area contributed by atoms with E-state index in [0.29, 0.717) is 6.42 Å². The molecule has 0 aromatic heterocycles. The van der Waals surface area contributed by atoms with Gasteiger partial charge in [0.1, 0.15) is 6.10 Å². The number of esters is 2. The summed E-state index contributed by atoms with van der Waals surface area (Å²) in [6.45, 7) is 2.20. The number of hydrogen-bond donors (Lipinski definition) is 0. The fraction of sp³-hybridized carbons (Fsp3) is 0.857. The molecule has 0 amide bonds. The maximum absolute atomic E-state index is 11.5. The van der Waals surface area contributed by atoms with E-state index in [4.69, 9.17) is 9.47 Å². The molecular weight excluding hydrogens is 232 g/mol. The Morgan fingerprint density at radius 3 is 2.56 bits per heavy atom. The summed E-state index contributed by atoms with van der Waals surface area (Å²) in [5, 5.41) is 0. The fourth-order valence-corrected chi connectivity index (χ4v) is 2.83. The standard InChI is InChI=1S/C14H22O4/c1-2-3-4-5-6-7-8-11-10-9-12(15)18-13(10)14(16)17-11/h10-11,13H,2-9H2,1H3/t10-,11-,13-/m1/s1. The van der Waals surface area contributed by atoms with Gasteiger partial charge < -0.3 is 9.47 Å². The van der Waals surface area contributed by atoms with Crippen LogP contribution in [0.1, 0.15) is 58.3 Å². The zero-order chi connectivity index (χ0) is 13.0. The summed E-state index contributed by atoms with van der Waals surface area (Å²) in [4.78, 5) is 22.7. The summed E-state index contributed by atoms with van der Waals surface area (Å²) >= 11 is 0. The van der Waals surface area contributed by atoms with Crippen LogP contribution in [0, 0.1) is 5.92 Å². The van der Waals surface area contributed by atoms with E-state index in [0.717, 1.165) is 12.8 Å². The lowest BCUT2D eigenvalue weighted by Crippen LogP contribution is -2.20. The number of ether oxygens (including phenoxy) is 2. The molecule has 2 aliphatic heterocycles. The minimum atomic E-state index is -0.609. The molecule has 0 aromatic rings. The van der Waals surface area contributed by atoms with Gasteiger partial charge in [-0.2, -0.15) is 0 Å². The number of cyclic esters (lactones) is 1. The van der Waals surface area contributed by atoms with E-state index in [9.17, 15) is 9.59 Å². The highest BCUT2D eigenvalue weighted by Crippen LogP contribution is 2.36. The molecule has 0 N–H and O–H groups in total. The van der Waals surface area contributed by atoms with Crippen LogP contribution in [0.15, 0.2) is 0 Å². The number of fused-ring (bicyclic) bond motifs is 1. The Hall–Kier alpha value is -1.06. The van der Waals surface area contributed by atoms with Gasteiger partial charge in [-0.25, -0.2) is 4.79 Å². The van der Waals surface area contributed by atoms with E-state index < -0.39 is 6.10 Å². The topological polar surface area (TPSA) is 52.6 Å². The van der Waals surface area contributed by atoms with Crippen LogP contribution in [0.2, 0.25) is 0 Å². The minimum Gasteiger partial charge on any atom is -0.459 e. The highest BCUT2D eigenvalue weighted by Gasteiger charge is 2.52. The Balaban J connectivity index is 1.67. The molecule has 2 fully saturated rings. The summed E-state index contributed by atoms with van der Waals surface area (Å²) < 4.78 is 10.3. The summed E-state index contributed by atoms with van der Waals surface area (Å²) in [5.74, 6) is -0.628. The van der Waals surface area contributed by atoms with Crippen LogP contribution in [0.4, 0.5) is 0 Å². The minimum absolute atomic E-state index is 0.0272. The molecule has 18 heavy (non-hydrogen) atoms. The van der Waals surface area contributed by atoms with E-state index in [-0.39, 0.29) is 24.0 Å². The molecule has 0 unspecified atom stereocenters. The first kappa shape index (κ1) is 13.4. The predicted octanol–water partition coefficient (Wildman–Crippen LogP) is 2.59. The highest BCUT2D eigenvalue weighted by atomic mass is 16.6. The lowest BCUT2D eigenvalue weighted by molar-refractivity contribution is -0.158. The van der Waals surface area contributed by atoms with Gasteiger partial charge in [0.2, 0.25) is 6.10 Å². The normalized spacial score (nSPS) is 30.2. The molecule has 2 saturated heterocycles. The Morgan fingerprint density at radius 2 is 1.78 bits per heavy atom. The first-order valence-corrected chi connectivity index (χ1v) is 7.12. The van der Waals surface area contributed by atoms with Crippen molar-refractivity contribution < 1.29 is 19.1 Å². The van der Waals surface area contributed by atoms with Crippen molar-refractivity contribution in [1.29, 1.82) is 0 Å². The largest absolute Gasteiger partial charge is 0.459 e. The van der Waals surface area contributed by atoms with Crippen molar-refractivity contribution in [1.82, 2.24) is 0 Å². The van der Waals surface area contributed by atoms with Gasteiger partial charge in [-0.05, 0) is 12.8 Å². The maximum Gasteiger partial charge on any atom is 0.348 e. The zero-order valence-corrected chi connectivity index (χ0v) is 11.0. The molecule has 2 aliphatic rings. The molecule has 0 bridgehead atoms. The number of hydrogen-bond acceptors (Lipinski definition) is 4. The molecule has 102 valence electrons. The van der Waals surface area contributed by atoms with Gasteiger partial charge in [0.15, 0.2) is 0 Å². The maximum atomic E-state index is 11.5. The Bertz CT molecular complexity index is 313. The Morgan fingerprint density at radius 1 is 1.06 bits per heavy atom. The monoisotopic (exact) mass is 254 g/mol. The number of carbonyl (C=O) groups is 2. The molecule has 0 aromatic carbocycles. The molecule has 4 heteroatoms. The quantitative estimate of drug-likeness (QED) is 0.517. The first-order chi connectivity index (χ1) is 8.72. The smallest absolute Gasteiger partial charge is 0.348 e. The number of carbonyl (C=O) groups excluding carboxylic acids is 2. The molecule has 2 heterocycles. The Kier molecular flexibility index (Phi) is 4.61. The fourth-order valence-electron chi connectivity index (χ4n) is 2.83. The van der Waals surface area contributed by atoms with E-state index in [1.165, 1.54) is 32.1 Å². The lowest BCUT2D eigenvalue weighted by Gasteiger charge is -2.13. The van der Waals surface area contributed by atoms with E-state index in [1.54, 1.807) is 0 Å². The van der Waals surface area contributed by atoms with Crippen LogP contribution >= 0.6 is 0 Å². The molecular formula is C14H22O4. The van der Waals surface area contributed by atoms with Gasteiger partial charge in [-0.3, -0.25) is 4.79 Å². The average Bonchev–Trinajstić information content (AvgIpc) is 2.85. The summed E-state index contributed by atoms with van der Waals surface area (Å²) in [6, 6.07) is 0. The number of rotatable bonds is 7. The summed E-state index contributed by atoms with van der Waals surface area (Å²) in [7, 11) is 0. The van der Waals surface area contributed by atoms with Gasteiger partial charge in [0.05, 0.1) is 12.3 Å². The third kappa shape index (κ3) is 3.03. The van der Waals surface area contributed by atoms with Gasteiger partial charge in [0, 0.05) is 0 Å². The van der Waals surface area contributed by atoms with Crippen molar-refractivity contribution in [3.63, 3.8) is 0 Å². The molecule has 0 radical (unpaired) electrons. The predicted molar refractivity (Wildman–Crippen MR) is 65.9 cm³/mol. The summed E-state index contributed by atoms with van der Waals surface area (Å²) in [6.07, 6.45) is 7.84. The molecule has 0 saturated carbocycles. The van der Waals surface area contributed by atoms with Crippen LogP contribution < -0.4 is 0 Å². The van der Waals surface area contributed by atoms with Crippen molar-refractivity contribution >= 4 is 11.9 Å². The summed E-state index contributed by atoms with van der Waals surface area (Å²) in [5.41, 5.74) is 0. The highest BCUT2D eigenvalue weighted by molar-refractivity contribution is 5.85. The average molecular weight is 254 g/mol. The molecule has 0 spiro atoms. The second-order valence-electron chi connectivity index (χ2n) is 5.31. The van der Waals surface area contributed by atoms with E-state index in [1.807, 2.05) is 0 Å². The van der Waals surface area contributed by atoms with Gasteiger partial charge in [-0.15, -0.1) is 0 Å². The molecule has 2 rings (SSSR count). The lowest BCUT2D eigenvalue weighted by atomic mass is 9.93. The van der Waals surface area contributed by atoms with Crippen molar-refractivity contribution in [2.24, 2.45) is 5.92 Å². The van der Waals surface area contributed by atoms with Crippen LogP contribution in [0.5, 0.6) is 0 Å². The molecule has 3 atom stereocenters.